The average Bonchev–Trinajstić information content (AvgIpc) is 2.32. The maximum Gasteiger partial charge on any atom is 0.317 e. The molecular formula is C11H14Cl2N2O2. The van der Waals surface area contributed by atoms with Crippen molar-refractivity contribution in [1.82, 2.24) is 10.6 Å². The molecule has 0 aromatic heterocycles. The average molecular weight is 277 g/mol. The fraction of sp³-hybridized carbons (Fsp3) is 0.364. The number of carbonyl (C=O) groups excluding carboxylic acids is 1. The van der Waals surface area contributed by atoms with Gasteiger partial charge in [0.05, 0.1) is 0 Å². The van der Waals surface area contributed by atoms with Crippen molar-refractivity contribution in [1.29, 1.82) is 0 Å². The summed E-state index contributed by atoms with van der Waals surface area (Å²) < 4.78 is 5.28. The van der Waals surface area contributed by atoms with Gasteiger partial charge in [-0.15, -0.1) is 11.6 Å². The molecule has 0 radical (unpaired) electrons. The zero-order valence-electron chi connectivity index (χ0n) is 9.21. The molecule has 0 unspecified atom stereocenters. The molecule has 0 aliphatic heterocycles. The Labute approximate surface area is 110 Å². The highest BCUT2D eigenvalue weighted by Crippen LogP contribution is 2.14. The third-order valence-electron chi connectivity index (χ3n) is 1.88. The SMILES string of the molecule is O=C(NCCCCl)NCOc1ccc(Cl)cc1. The Morgan fingerprint density at radius 1 is 1.24 bits per heavy atom. The molecule has 1 rings (SSSR count). The molecule has 0 saturated heterocycles. The molecule has 0 aliphatic rings. The number of hydrogen-bond donors (Lipinski definition) is 2. The maximum absolute atomic E-state index is 11.2. The van der Waals surface area contributed by atoms with E-state index in [1.165, 1.54) is 0 Å². The number of nitrogens with one attached hydrogen (secondary N) is 2. The van der Waals surface area contributed by atoms with Crippen LogP contribution in [0.3, 0.4) is 0 Å². The summed E-state index contributed by atoms with van der Waals surface area (Å²) in [4.78, 5) is 11.2. The first-order valence-electron chi connectivity index (χ1n) is 5.18. The lowest BCUT2D eigenvalue weighted by Crippen LogP contribution is -2.38. The fourth-order valence-electron chi connectivity index (χ4n) is 1.05. The molecule has 6 heteroatoms. The van der Waals surface area contributed by atoms with E-state index in [9.17, 15) is 4.79 Å². The van der Waals surface area contributed by atoms with Gasteiger partial charge in [-0.3, -0.25) is 0 Å². The number of amides is 2. The van der Waals surface area contributed by atoms with Crippen LogP contribution in [0, 0.1) is 0 Å². The van der Waals surface area contributed by atoms with E-state index in [4.69, 9.17) is 27.9 Å². The van der Waals surface area contributed by atoms with Crippen LogP contribution in [-0.4, -0.2) is 25.2 Å². The molecule has 1 aromatic carbocycles. The molecule has 2 amide bonds. The number of carbonyl (C=O) groups is 1. The van der Waals surface area contributed by atoms with Gasteiger partial charge in [0.25, 0.3) is 0 Å². The zero-order valence-corrected chi connectivity index (χ0v) is 10.7. The highest BCUT2D eigenvalue weighted by atomic mass is 35.5. The summed E-state index contributed by atoms with van der Waals surface area (Å²) >= 11 is 11.2. The number of benzene rings is 1. The second kappa shape index (κ2) is 8.03. The van der Waals surface area contributed by atoms with Crippen LogP contribution in [0.15, 0.2) is 24.3 Å². The molecule has 0 aliphatic carbocycles. The summed E-state index contributed by atoms with van der Waals surface area (Å²) in [7, 11) is 0. The molecule has 1 aromatic rings. The molecule has 0 saturated carbocycles. The van der Waals surface area contributed by atoms with E-state index in [2.05, 4.69) is 10.6 Å². The predicted octanol–water partition coefficient (Wildman–Crippen LogP) is 2.60. The van der Waals surface area contributed by atoms with Crippen molar-refractivity contribution < 1.29 is 9.53 Å². The largest absolute Gasteiger partial charge is 0.473 e. The number of alkyl halides is 1. The van der Waals surface area contributed by atoms with Crippen LogP contribution in [0.5, 0.6) is 5.75 Å². The number of halogens is 2. The molecule has 2 N–H and O–H groups in total. The smallest absolute Gasteiger partial charge is 0.317 e. The number of rotatable bonds is 6. The molecule has 4 nitrogen and oxygen atoms in total. The van der Waals surface area contributed by atoms with E-state index in [0.717, 1.165) is 6.42 Å². The van der Waals surface area contributed by atoms with E-state index in [1.807, 2.05) is 0 Å². The van der Waals surface area contributed by atoms with Gasteiger partial charge in [-0.25, -0.2) is 4.79 Å². The standard InChI is InChI=1S/C11H14Cl2N2O2/c12-6-1-7-14-11(16)15-8-17-10-4-2-9(13)3-5-10/h2-5H,1,6-8H2,(H2,14,15,16). The Morgan fingerprint density at radius 3 is 2.59 bits per heavy atom. The van der Waals surface area contributed by atoms with E-state index in [1.54, 1.807) is 24.3 Å². The van der Waals surface area contributed by atoms with Crippen LogP contribution in [0.1, 0.15) is 6.42 Å². The van der Waals surface area contributed by atoms with Crippen molar-refractivity contribution in [3.63, 3.8) is 0 Å². The van der Waals surface area contributed by atoms with Crippen LogP contribution in [-0.2, 0) is 0 Å². The first-order chi connectivity index (χ1) is 8.22. The maximum atomic E-state index is 11.2. The summed E-state index contributed by atoms with van der Waals surface area (Å²) in [5.74, 6) is 1.18. The molecule has 0 heterocycles. The number of hydrogen-bond acceptors (Lipinski definition) is 2. The second-order valence-corrected chi connectivity index (χ2v) is 4.03. The number of urea groups is 1. The Kier molecular flexibility index (Phi) is 6.58. The third kappa shape index (κ3) is 6.24. The minimum atomic E-state index is -0.274. The van der Waals surface area contributed by atoms with Crippen LogP contribution < -0.4 is 15.4 Å². The van der Waals surface area contributed by atoms with E-state index < -0.39 is 0 Å². The lowest BCUT2D eigenvalue weighted by Gasteiger charge is -2.08. The zero-order chi connectivity index (χ0) is 12.5. The Morgan fingerprint density at radius 2 is 1.94 bits per heavy atom. The summed E-state index contributed by atoms with van der Waals surface area (Å²) in [6.45, 7) is 0.657. The topological polar surface area (TPSA) is 50.4 Å². The van der Waals surface area contributed by atoms with Gasteiger partial charge in [-0.2, -0.15) is 0 Å². The first kappa shape index (κ1) is 13.9. The normalized spacial score (nSPS) is 9.76. The third-order valence-corrected chi connectivity index (χ3v) is 2.40. The van der Waals surface area contributed by atoms with Crippen LogP contribution >= 0.6 is 23.2 Å². The first-order valence-corrected chi connectivity index (χ1v) is 6.09. The molecular weight excluding hydrogens is 263 g/mol. The van der Waals surface area contributed by atoms with Gasteiger partial charge in [0, 0.05) is 17.4 Å². The van der Waals surface area contributed by atoms with E-state index >= 15 is 0 Å². The van der Waals surface area contributed by atoms with Crippen LogP contribution in [0.4, 0.5) is 4.79 Å². The lowest BCUT2D eigenvalue weighted by molar-refractivity contribution is 0.224. The number of ether oxygens (including phenoxy) is 1. The van der Waals surface area contributed by atoms with Crippen LogP contribution in [0.2, 0.25) is 5.02 Å². The van der Waals surface area contributed by atoms with E-state index in [0.29, 0.717) is 23.2 Å². The van der Waals surface area contributed by atoms with Gasteiger partial charge in [0.1, 0.15) is 5.75 Å². The molecule has 0 bridgehead atoms. The van der Waals surface area contributed by atoms with Crippen molar-refractivity contribution in [2.24, 2.45) is 0 Å². The summed E-state index contributed by atoms with van der Waals surface area (Å²) in [6, 6.07) is 6.63. The molecule has 17 heavy (non-hydrogen) atoms. The van der Waals surface area contributed by atoms with Crippen molar-refractivity contribution >= 4 is 29.2 Å². The minimum Gasteiger partial charge on any atom is -0.473 e. The van der Waals surface area contributed by atoms with Gasteiger partial charge >= 0.3 is 6.03 Å². The highest BCUT2D eigenvalue weighted by Gasteiger charge is 1.98. The molecule has 0 atom stereocenters. The van der Waals surface area contributed by atoms with Crippen molar-refractivity contribution in [2.75, 3.05) is 19.2 Å². The Hall–Kier alpha value is -1.13. The van der Waals surface area contributed by atoms with E-state index in [-0.39, 0.29) is 12.8 Å². The van der Waals surface area contributed by atoms with Gasteiger partial charge in [0.15, 0.2) is 6.73 Å². The lowest BCUT2D eigenvalue weighted by atomic mass is 10.3. The Bertz CT molecular complexity index is 344. The van der Waals surface area contributed by atoms with Gasteiger partial charge in [0.2, 0.25) is 0 Å². The fourth-order valence-corrected chi connectivity index (χ4v) is 1.31. The molecule has 0 fully saturated rings. The molecule has 94 valence electrons. The predicted molar refractivity (Wildman–Crippen MR) is 68.8 cm³/mol. The van der Waals surface area contributed by atoms with Crippen LogP contribution in [0.25, 0.3) is 0 Å². The van der Waals surface area contributed by atoms with Gasteiger partial charge < -0.3 is 15.4 Å². The van der Waals surface area contributed by atoms with Crippen molar-refractivity contribution in [2.45, 2.75) is 6.42 Å². The summed E-state index contributed by atoms with van der Waals surface area (Å²) in [5.41, 5.74) is 0. The Balaban J connectivity index is 2.14. The monoisotopic (exact) mass is 276 g/mol. The summed E-state index contributed by atoms with van der Waals surface area (Å²) in [5, 5.41) is 5.84. The highest BCUT2D eigenvalue weighted by molar-refractivity contribution is 6.30. The van der Waals surface area contributed by atoms with Crippen molar-refractivity contribution in [3.05, 3.63) is 29.3 Å². The van der Waals surface area contributed by atoms with Gasteiger partial charge in [-0.05, 0) is 30.7 Å². The van der Waals surface area contributed by atoms with Gasteiger partial charge in [-0.1, -0.05) is 11.6 Å². The summed E-state index contributed by atoms with van der Waals surface area (Å²) in [6.07, 6.45) is 0.743. The quantitative estimate of drug-likeness (QED) is 0.477. The molecule has 0 spiro atoms. The minimum absolute atomic E-state index is 0.105. The second-order valence-electron chi connectivity index (χ2n) is 3.22. The van der Waals surface area contributed by atoms with Crippen molar-refractivity contribution in [3.8, 4) is 5.75 Å².